The van der Waals surface area contributed by atoms with Crippen molar-refractivity contribution in [1.82, 2.24) is 0 Å². The van der Waals surface area contributed by atoms with E-state index in [1.54, 1.807) is 0 Å². The number of hydrogen-bond acceptors (Lipinski definition) is 0. The Hall–Kier alpha value is -0.520. The summed E-state index contributed by atoms with van der Waals surface area (Å²) in [6.07, 6.45) is 20.1. The first-order chi connectivity index (χ1) is 8.35. The van der Waals surface area contributed by atoms with Crippen molar-refractivity contribution in [3.8, 4) is 0 Å². The largest absolute Gasteiger partial charge is 0.0991 e. The average molecular weight is 236 g/mol. The molecule has 0 N–H and O–H groups in total. The summed E-state index contributed by atoms with van der Waals surface area (Å²) in [7, 11) is 0. The molecule has 0 saturated heterocycles. The van der Waals surface area contributed by atoms with Gasteiger partial charge in [0.25, 0.3) is 0 Å². The number of rotatable bonds is 12. The first-order valence-electron chi connectivity index (χ1n) is 7.62. The van der Waals surface area contributed by atoms with Crippen LogP contribution in [0.25, 0.3) is 0 Å². The highest BCUT2D eigenvalue weighted by atomic mass is 14.1. The molecule has 0 aromatic heterocycles. The van der Waals surface area contributed by atoms with Gasteiger partial charge in [0, 0.05) is 0 Å². The second-order valence-electron chi connectivity index (χ2n) is 5.11. The normalized spacial score (nSPS) is 13.1. The molecule has 0 spiro atoms. The minimum absolute atomic E-state index is 0.905. The molecule has 1 unspecified atom stereocenters. The van der Waals surface area contributed by atoms with Gasteiger partial charge < -0.3 is 0 Å². The Kier molecular flexibility index (Phi) is 13.1. The Balaban J connectivity index is 3.54. The maximum Gasteiger partial charge on any atom is -0.0319 e. The third kappa shape index (κ3) is 11.7. The van der Waals surface area contributed by atoms with Gasteiger partial charge in [0.05, 0.1) is 0 Å². The van der Waals surface area contributed by atoms with Gasteiger partial charge in [-0.15, -0.1) is 0 Å². The zero-order valence-electron chi connectivity index (χ0n) is 12.1. The van der Waals surface area contributed by atoms with Crippen LogP contribution in [0.3, 0.4) is 0 Å². The van der Waals surface area contributed by atoms with Crippen molar-refractivity contribution in [2.75, 3.05) is 0 Å². The highest BCUT2D eigenvalue weighted by Crippen LogP contribution is 2.20. The Morgan fingerprint density at radius 1 is 0.882 bits per heavy atom. The second-order valence-corrected chi connectivity index (χ2v) is 5.11. The molecule has 17 heavy (non-hydrogen) atoms. The minimum atomic E-state index is 0.905. The van der Waals surface area contributed by atoms with Gasteiger partial charge in [0.2, 0.25) is 0 Å². The predicted octanol–water partition coefficient (Wildman–Crippen LogP) is 6.29. The lowest BCUT2D eigenvalue weighted by Gasteiger charge is -2.13. The third-order valence-corrected chi connectivity index (χ3v) is 3.40. The molecule has 0 aromatic rings. The molecule has 0 rings (SSSR count). The molecule has 0 amide bonds. The molecule has 0 saturated carbocycles. The SMILES string of the molecule is C=CC=CCC(CCC)CCCCCCCC. The molecule has 0 radical (unpaired) electrons. The van der Waals surface area contributed by atoms with Gasteiger partial charge in [0.15, 0.2) is 0 Å². The maximum atomic E-state index is 3.72. The van der Waals surface area contributed by atoms with E-state index >= 15 is 0 Å². The number of hydrogen-bond donors (Lipinski definition) is 0. The van der Waals surface area contributed by atoms with Crippen LogP contribution in [-0.2, 0) is 0 Å². The highest BCUT2D eigenvalue weighted by molar-refractivity contribution is 4.97. The van der Waals surface area contributed by atoms with Gasteiger partial charge >= 0.3 is 0 Å². The minimum Gasteiger partial charge on any atom is -0.0991 e. The lowest BCUT2D eigenvalue weighted by atomic mass is 9.93. The summed E-state index contributed by atoms with van der Waals surface area (Å²) in [4.78, 5) is 0. The van der Waals surface area contributed by atoms with E-state index in [0.29, 0.717) is 0 Å². The van der Waals surface area contributed by atoms with E-state index in [4.69, 9.17) is 0 Å². The number of unbranched alkanes of at least 4 members (excludes halogenated alkanes) is 5. The summed E-state index contributed by atoms with van der Waals surface area (Å²) >= 11 is 0. The zero-order chi connectivity index (χ0) is 12.8. The van der Waals surface area contributed by atoms with Crippen molar-refractivity contribution in [3.63, 3.8) is 0 Å². The van der Waals surface area contributed by atoms with E-state index in [9.17, 15) is 0 Å². The molecule has 0 nitrogen and oxygen atoms in total. The van der Waals surface area contributed by atoms with Gasteiger partial charge in [-0.05, 0) is 12.3 Å². The average Bonchev–Trinajstić information content (AvgIpc) is 2.34. The van der Waals surface area contributed by atoms with Crippen LogP contribution in [0, 0.1) is 5.92 Å². The van der Waals surface area contributed by atoms with Crippen molar-refractivity contribution in [2.45, 2.75) is 78.1 Å². The quantitative estimate of drug-likeness (QED) is 0.276. The molecule has 0 aliphatic heterocycles. The van der Waals surface area contributed by atoms with Crippen LogP contribution in [0.1, 0.15) is 78.1 Å². The van der Waals surface area contributed by atoms with Crippen LogP contribution in [0.2, 0.25) is 0 Å². The summed E-state index contributed by atoms with van der Waals surface area (Å²) in [5.41, 5.74) is 0. The fourth-order valence-corrected chi connectivity index (χ4v) is 2.37. The first-order valence-corrected chi connectivity index (χ1v) is 7.62. The van der Waals surface area contributed by atoms with Gasteiger partial charge in [-0.3, -0.25) is 0 Å². The fourth-order valence-electron chi connectivity index (χ4n) is 2.37. The molecule has 0 aliphatic carbocycles. The Bertz CT molecular complexity index is 178. The Labute approximate surface area is 109 Å². The van der Waals surface area contributed by atoms with Crippen molar-refractivity contribution in [1.29, 1.82) is 0 Å². The van der Waals surface area contributed by atoms with Gasteiger partial charge in [0.1, 0.15) is 0 Å². The molecule has 0 heteroatoms. The number of allylic oxidation sites excluding steroid dienone is 3. The summed E-state index contributed by atoms with van der Waals surface area (Å²) in [5, 5.41) is 0. The monoisotopic (exact) mass is 236 g/mol. The van der Waals surface area contributed by atoms with E-state index in [-0.39, 0.29) is 0 Å². The molecule has 0 heterocycles. The topological polar surface area (TPSA) is 0 Å². The van der Waals surface area contributed by atoms with Crippen LogP contribution >= 0.6 is 0 Å². The second kappa shape index (κ2) is 13.5. The van der Waals surface area contributed by atoms with Crippen LogP contribution in [0.15, 0.2) is 24.8 Å². The molecular formula is C17H32. The molecular weight excluding hydrogens is 204 g/mol. The smallest absolute Gasteiger partial charge is 0.0319 e. The third-order valence-electron chi connectivity index (χ3n) is 3.40. The van der Waals surface area contributed by atoms with Crippen LogP contribution in [0.5, 0.6) is 0 Å². The van der Waals surface area contributed by atoms with E-state index in [1.165, 1.54) is 64.2 Å². The lowest BCUT2D eigenvalue weighted by molar-refractivity contribution is 0.423. The molecule has 0 aliphatic rings. The lowest BCUT2D eigenvalue weighted by Crippen LogP contribution is -1.98. The van der Waals surface area contributed by atoms with Crippen molar-refractivity contribution in [3.05, 3.63) is 24.8 Å². The maximum absolute atomic E-state index is 3.72. The highest BCUT2D eigenvalue weighted by Gasteiger charge is 2.05. The van der Waals surface area contributed by atoms with Crippen LogP contribution in [0.4, 0.5) is 0 Å². The van der Waals surface area contributed by atoms with Gasteiger partial charge in [-0.25, -0.2) is 0 Å². The summed E-state index contributed by atoms with van der Waals surface area (Å²) < 4.78 is 0. The summed E-state index contributed by atoms with van der Waals surface area (Å²) in [6, 6.07) is 0. The zero-order valence-corrected chi connectivity index (χ0v) is 12.1. The van der Waals surface area contributed by atoms with Gasteiger partial charge in [-0.1, -0.05) is 96.4 Å². The Morgan fingerprint density at radius 3 is 2.24 bits per heavy atom. The van der Waals surface area contributed by atoms with E-state index in [1.807, 2.05) is 6.08 Å². The molecule has 0 bridgehead atoms. The molecule has 0 fully saturated rings. The molecule has 100 valence electrons. The van der Waals surface area contributed by atoms with E-state index < -0.39 is 0 Å². The molecule has 1 atom stereocenters. The molecule has 0 aromatic carbocycles. The summed E-state index contributed by atoms with van der Waals surface area (Å²) in [5.74, 6) is 0.905. The summed E-state index contributed by atoms with van der Waals surface area (Å²) in [6.45, 7) is 8.30. The Morgan fingerprint density at radius 2 is 1.59 bits per heavy atom. The van der Waals surface area contributed by atoms with Crippen molar-refractivity contribution < 1.29 is 0 Å². The van der Waals surface area contributed by atoms with Crippen molar-refractivity contribution >= 4 is 0 Å². The fraction of sp³-hybridized carbons (Fsp3) is 0.765. The predicted molar refractivity (Wildman–Crippen MR) is 80.3 cm³/mol. The van der Waals surface area contributed by atoms with E-state index in [2.05, 4.69) is 32.6 Å². The standard InChI is InChI=1S/C17H32/c1-4-7-9-10-11-13-16-17(14-6-3)15-12-8-5-2/h5,8,12,17H,2,4,6-7,9-11,13-16H2,1,3H3. The van der Waals surface area contributed by atoms with Crippen LogP contribution in [-0.4, -0.2) is 0 Å². The van der Waals surface area contributed by atoms with E-state index in [0.717, 1.165) is 5.92 Å². The van der Waals surface area contributed by atoms with Crippen molar-refractivity contribution in [2.24, 2.45) is 5.92 Å². The van der Waals surface area contributed by atoms with Crippen LogP contribution < -0.4 is 0 Å². The first kappa shape index (κ1) is 16.5. The van der Waals surface area contributed by atoms with Gasteiger partial charge in [-0.2, -0.15) is 0 Å².